The van der Waals surface area contributed by atoms with Gasteiger partial charge in [-0.25, -0.2) is 0 Å². The van der Waals surface area contributed by atoms with Crippen molar-refractivity contribution in [3.8, 4) is 17.2 Å². The zero-order valence-electron chi connectivity index (χ0n) is 20.0. The fourth-order valence-electron chi connectivity index (χ4n) is 4.82. The molecular weight excluding hydrogens is 449 g/mol. The second kappa shape index (κ2) is 10.2. The molecule has 1 aliphatic rings. The second-order valence-corrected chi connectivity index (χ2v) is 9.40. The van der Waals surface area contributed by atoms with Gasteiger partial charge in [-0.05, 0) is 86.4 Å². The molecule has 3 nitrogen and oxygen atoms in total. The van der Waals surface area contributed by atoms with Crippen LogP contribution in [0.4, 0.5) is 13.2 Å². The van der Waals surface area contributed by atoms with Gasteiger partial charge in [-0.15, -0.1) is 0 Å². The monoisotopic (exact) mass is 478 g/mol. The fourth-order valence-corrected chi connectivity index (χ4v) is 4.82. The molecule has 0 bridgehead atoms. The van der Waals surface area contributed by atoms with Gasteiger partial charge in [0.05, 0.1) is 29.9 Å². The summed E-state index contributed by atoms with van der Waals surface area (Å²) in [4.78, 5) is 2.31. The van der Waals surface area contributed by atoms with Gasteiger partial charge in [0, 0.05) is 5.41 Å². The summed E-state index contributed by atoms with van der Waals surface area (Å²) in [6.45, 7) is 4.32. The highest BCUT2D eigenvalue weighted by Crippen LogP contribution is 2.39. The maximum Gasteiger partial charge on any atom is 0.416 e. The largest absolute Gasteiger partial charge is 0.416 e. The Morgan fingerprint density at radius 1 is 1.00 bits per heavy atom. The number of nitrogens with zero attached hydrogens (tertiary/aromatic N) is 2. The molecule has 0 spiro atoms. The van der Waals surface area contributed by atoms with E-state index in [0.29, 0.717) is 28.9 Å². The third-order valence-electron chi connectivity index (χ3n) is 7.06. The zero-order chi connectivity index (χ0) is 25.1. The van der Waals surface area contributed by atoms with Crippen LogP contribution in [0.5, 0.6) is 0 Å². The first-order chi connectivity index (χ1) is 16.7. The number of piperidine rings is 1. The topological polar surface area (TPSA) is 36.3 Å². The van der Waals surface area contributed by atoms with Crippen LogP contribution in [0.1, 0.15) is 48.1 Å². The maximum atomic E-state index is 13.3. The molecule has 0 radical (unpaired) electrons. The SMILES string of the molecule is CC(OCC1(c2ccccc2)CCN(C)CC1)c1cc(C#N)ccc1-c1cccc(C(F)(F)F)c1. The molecule has 35 heavy (non-hydrogen) atoms. The molecule has 6 heteroatoms. The van der Waals surface area contributed by atoms with E-state index in [-0.39, 0.29) is 5.41 Å². The van der Waals surface area contributed by atoms with Crippen LogP contribution < -0.4 is 0 Å². The average Bonchev–Trinajstić information content (AvgIpc) is 2.88. The highest BCUT2D eigenvalue weighted by Gasteiger charge is 2.36. The first kappa shape index (κ1) is 25.0. The van der Waals surface area contributed by atoms with Crippen LogP contribution in [0.25, 0.3) is 11.1 Å². The summed E-state index contributed by atoms with van der Waals surface area (Å²) in [5, 5.41) is 9.46. The maximum absolute atomic E-state index is 13.3. The summed E-state index contributed by atoms with van der Waals surface area (Å²) in [5.74, 6) is 0. The van der Waals surface area contributed by atoms with Gasteiger partial charge in [-0.2, -0.15) is 18.4 Å². The molecule has 0 saturated carbocycles. The van der Waals surface area contributed by atoms with Gasteiger partial charge >= 0.3 is 6.18 Å². The first-order valence-corrected chi connectivity index (χ1v) is 11.8. The van der Waals surface area contributed by atoms with E-state index in [1.165, 1.54) is 11.6 Å². The van der Waals surface area contributed by atoms with E-state index < -0.39 is 17.8 Å². The number of hydrogen-bond donors (Lipinski definition) is 0. The molecule has 1 heterocycles. The zero-order valence-corrected chi connectivity index (χ0v) is 20.0. The molecule has 0 aliphatic carbocycles. The fraction of sp³-hybridized carbons (Fsp3) is 0.345. The van der Waals surface area contributed by atoms with Crippen molar-refractivity contribution in [2.45, 2.75) is 37.5 Å². The summed E-state index contributed by atoms with van der Waals surface area (Å²) in [7, 11) is 2.12. The van der Waals surface area contributed by atoms with Crippen molar-refractivity contribution in [1.29, 1.82) is 5.26 Å². The normalized spacial score (nSPS) is 17.0. The molecule has 1 unspecified atom stereocenters. The smallest absolute Gasteiger partial charge is 0.373 e. The summed E-state index contributed by atoms with van der Waals surface area (Å²) in [6, 6.07) is 22.9. The predicted octanol–water partition coefficient (Wildman–Crippen LogP) is 6.99. The van der Waals surface area contributed by atoms with E-state index in [0.717, 1.165) is 38.1 Å². The molecule has 1 saturated heterocycles. The van der Waals surface area contributed by atoms with Crippen molar-refractivity contribution in [2.75, 3.05) is 26.7 Å². The van der Waals surface area contributed by atoms with Gasteiger partial charge in [-0.1, -0.05) is 48.5 Å². The van der Waals surface area contributed by atoms with Gasteiger partial charge in [0.2, 0.25) is 0 Å². The molecule has 3 aromatic carbocycles. The Balaban J connectivity index is 1.65. The Morgan fingerprint density at radius 2 is 1.71 bits per heavy atom. The molecule has 0 N–H and O–H groups in total. The molecule has 1 aliphatic heterocycles. The van der Waals surface area contributed by atoms with Crippen LogP contribution in [-0.4, -0.2) is 31.6 Å². The Kier molecular flexibility index (Phi) is 7.30. The van der Waals surface area contributed by atoms with Crippen molar-refractivity contribution < 1.29 is 17.9 Å². The molecular formula is C29H29F3N2O. The third-order valence-corrected chi connectivity index (χ3v) is 7.06. The molecule has 4 rings (SSSR count). The Labute approximate surface area is 204 Å². The number of hydrogen-bond acceptors (Lipinski definition) is 3. The third kappa shape index (κ3) is 5.58. The van der Waals surface area contributed by atoms with Gasteiger partial charge in [0.25, 0.3) is 0 Å². The minimum absolute atomic E-state index is 0.134. The number of benzene rings is 3. The van der Waals surface area contributed by atoms with E-state index in [1.54, 1.807) is 24.3 Å². The van der Waals surface area contributed by atoms with Gasteiger partial charge in [-0.3, -0.25) is 0 Å². The average molecular weight is 479 g/mol. The standard InChI is InChI=1S/C29H29F3N2O/c1-21(35-20-28(13-15-34(2)16-14-28)24-8-4-3-5-9-24)27-17-22(19-33)11-12-26(27)23-7-6-10-25(18-23)29(30,31)32/h3-12,17-18,21H,13-16,20H2,1-2H3. The van der Waals surface area contributed by atoms with Crippen LogP contribution in [0.3, 0.4) is 0 Å². The van der Waals surface area contributed by atoms with E-state index >= 15 is 0 Å². The van der Waals surface area contributed by atoms with Crippen molar-refractivity contribution >= 4 is 0 Å². The summed E-state index contributed by atoms with van der Waals surface area (Å²) in [5.41, 5.74) is 2.65. The van der Waals surface area contributed by atoms with E-state index in [2.05, 4.69) is 30.1 Å². The van der Waals surface area contributed by atoms with Crippen LogP contribution in [0, 0.1) is 11.3 Å². The molecule has 0 amide bonds. The Morgan fingerprint density at radius 3 is 2.37 bits per heavy atom. The van der Waals surface area contributed by atoms with Crippen LogP contribution in [0.15, 0.2) is 72.8 Å². The molecule has 3 aromatic rings. The predicted molar refractivity (Wildman–Crippen MR) is 131 cm³/mol. The number of likely N-dealkylation sites (tertiary alicyclic amines) is 1. The molecule has 1 fully saturated rings. The first-order valence-electron chi connectivity index (χ1n) is 11.8. The van der Waals surface area contributed by atoms with Gasteiger partial charge in [0.1, 0.15) is 0 Å². The quantitative estimate of drug-likeness (QED) is 0.383. The number of halogens is 3. The van der Waals surface area contributed by atoms with Crippen LogP contribution >= 0.6 is 0 Å². The van der Waals surface area contributed by atoms with Gasteiger partial charge < -0.3 is 9.64 Å². The number of alkyl halides is 3. The minimum atomic E-state index is -4.43. The van der Waals surface area contributed by atoms with E-state index in [1.807, 2.05) is 25.1 Å². The molecule has 1 atom stereocenters. The number of nitriles is 1. The van der Waals surface area contributed by atoms with Crippen molar-refractivity contribution in [2.24, 2.45) is 0 Å². The lowest BCUT2D eigenvalue weighted by Gasteiger charge is -2.41. The van der Waals surface area contributed by atoms with Crippen molar-refractivity contribution in [3.63, 3.8) is 0 Å². The second-order valence-electron chi connectivity index (χ2n) is 9.40. The minimum Gasteiger partial charge on any atom is -0.373 e. The number of rotatable bonds is 6. The van der Waals surface area contributed by atoms with E-state index in [4.69, 9.17) is 4.74 Å². The lowest BCUT2D eigenvalue weighted by molar-refractivity contribution is -0.137. The van der Waals surface area contributed by atoms with Crippen molar-refractivity contribution in [1.82, 2.24) is 4.90 Å². The lowest BCUT2D eigenvalue weighted by atomic mass is 9.73. The summed E-state index contributed by atoms with van der Waals surface area (Å²) < 4.78 is 46.5. The molecule has 0 aromatic heterocycles. The van der Waals surface area contributed by atoms with E-state index in [9.17, 15) is 18.4 Å². The highest BCUT2D eigenvalue weighted by molar-refractivity contribution is 5.69. The Bertz CT molecular complexity index is 1190. The number of ether oxygens (including phenoxy) is 1. The molecule has 182 valence electrons. The highest BCUT2D eigenvalue weighted by atomic mass is 19.4. The lowest BCUT2D eigenvalue weighted by Crippen LogP contribution is -2.44. The van der Waals surface area contributed by atoms with Crippen LogP contribution in [-0.2, 0) is 16.3 Å². The van der Waals surface area contributed by atoms with Gasteiger partial charge in [0.15, 0.2) is 0 Å². The Hall–Kier alpha value is -3.14. The summed E-state index contributed by atoms with van der Waals surface area (Å²) in [6.07, 6.45) is -2.92. The summed E-state index contributed by atoms with van der Waals surface area (Å²) >= 11 is 0. The van der Waals surface area contributed by atoms with Crippen molar-refractivity contribution in [3.05, 3.63) is 95.1 Å². The van der Waals surface area contributed by atoms with Crippen LogP contribution in [0.2, 0.25) is 0 Å².